The molecule has 0 radical (unpaired) electrons. The normalized spacial score (nSPS) is 31.3. The van der Waals surface area contributed by atoms with Crippen LogP contribution in [0.3, 0.4) is 0 Å². The number of hydrogen-bond donors (Lipinski definition) is 1. The first-order chi connectivity index (χ1) is 7.31. The van der Waals surface area contributed by atoms with Gasteiger partial charge in [-0.25, -0.2) is 0 Å². The molecule has 0 aliphatic carbocycles. The highest BCUT2D eigenvalue weighted by molar-refractivity contribution is 5.69. The van der Waals surface area contributed by atoms with Crippen LogP contribution in [0.4, 0.5) is 0 Å². The van der Waals surface area contributed by atoms with Crippen molar-refractivity contribution in [1.82, 2.24) is 10.2 Å². The van der Waals surface area contributed by atoms with Gasteiger partial charge in [-0.05, 0) is 31.8 Å². The molecule has 0 bridgehead atoms. The Hall–Kier alpha value is -0.610. The highest BCUT2D eigenvalue weighted by atomic mass is 16.5. The van der Waals surface area contributed by atoms with Crippen LogP contribution >= 0.6 is 0 Å². The fourth-order valence-electron chi connectivity index (χ4n) is 2.78. The molecule has 2 saturated heterocycles. The SMILES string of the molecule is COC(=O)CCN1CCCC2CNCC21. The molecule has 0 saturated carbocycles. The molecule has 2 unspecified atom stereocenters. The summed E-state index contributed by atoms with van der Waals surface area (Å²) in [6.07, 6.45) is 3.14. The van der Waals surface area contributed by atoms with Crippen molar-refractivity contribution < 1.29 is 9.53 Å². The minimum absolute atomic E-state index is 0.0944. The smallest absolute Gasteiger partial charge is 0.306 e. The molecule has 4 heteroatoms. The first-order valence-electron chi connectivity index (χ1n) is 5.83. The number of carbonyl (C=O) groups is 1. The second kappa shape index (κ2) is 4.94. The van der Waals surface area contributed by atoms with Gasteiger partial charge >= 0.3 is 5.97 Å². The van der Waals surface area contributed by atoms with Gasteiger partial charge in [0, 0.05) is 19.1 Å². The van der Waals surface area contributed by atoms with Crippen LogP contribution in [0.2, 0.25) is 0 Å². The molecule has 2 heterocycles. The van der Waals surface area contributed by atoms with Crippen LogP contribution in [0, 0.1) is 5.92 Å². The molecule has 86 valence electrons. The average molecular weight is 212 g/mol. The molecule has 2 atom stereocenters. The average Bonchev–Trinajstić information content (AvgIpc) is 2.74. The van der Waals surface area contributed by atoms with Gasteiger partial charge in [0.25, 0.3) is 0 Å². The molecule has 15 heavy (non-hydrogen) atoms. The van der Waals surface area contributed by atoms with E-state index in [1.54, 1.807) is 0 Å². The van der Waals surface area contributed by atoms with E-state index >= 15 is 0 Å². The Morgan fingerprint density at radius 3 is 3.20 bits per heavy atom. The van der Waals surface area contributed by atoms with E-state index < -0.39 is 0 Å². The molecule has 0 spiro atoms. The second-order valence-corrected chi connectivity index (χ2v) is 4.49. The molecule has 1 N–H and O–H groups in total. The lowest BCUT2D eigenvalue weighted by molar-refractivity contribution is -0.141. The van der Waals surface area contributed by atoms with Gasteiger partial charge in [-0.2, -0.15) is 0 Å². The minimum Gasteiger partial charge on any atom is -0.469 e. The third kappa shape index (κ3) is 2.49. The van der Waals surface area contributed by atoms with Crippen LogP contribution in [-0.2, 0) is 9.53 Å². The number of hydrogen-bond acceptors (Lipinski definition) is 4. The number of ether oxygens (including phenoxy) is 1. The summed E-state index contributed by atoms with van der Waals surface area (Å²) in [6, 6.07) is 0.656. The molecular formula is C11H20N2O2. The Bertz CT molecular complexity index is 233. The van der Waals surface area contributed by atoms with Crippen LogP contribution in [0.25, 0.3) is 0 Å². The van der Waals surface area contributed by atoms with E-state index in [1.807, 2.05) is 0 Å². The maximum absolute atomic E-state index is 11.1. The molecule has 2 aliphatic rings. The summed E-state index contributed by atoms with van der Waals surface area (Å²) in [5.74, 6) is 0.708. The van der Waals surface area contributed by atoms with E-state index in [-0.39, 0.29) is 5.97 Å². The highest BCUT2D eigenvalue weighted by Crippen LogP contribution is 2.26. The van der Waals surface area contributed by atoms with Crippen LogP contribution < -0.4 is 5.32 Å². The van der Waals surface area contributed by atoms with Crippen molar-refractivity contribution in [3.8, 4) is 0 Å². The lowest BCUT2D eigenvalue weighted by Crippen LogP contribution is -2.45. The first-order valence-corrected chi connectivity index (χ1v) is 5.83. The highest BCUT2D eigenvalue weighted by Gasteiger charge is 2.34. The fraction of sp³-hybridized carbons (Fsp3) is 0.909. The number of nitrogens with one attached hydrogen (secondary N) is 1. The molecular weight excluding hydrogens is 192 g/mol. The predicted molar refractivity (Wildman–Crippen MR) is 57.6 cm³/mol. The van der Waals surface area contributed by atoms with Crippen LogP contribution in [-0.4, -0.2) is 50.2 Å². The van der Waals surface area contributed by atoms with Gasteiger partial charge in [-0.1, -0.05) is 0 Å². The van der Waals surface area contributed by atoms with Crippen LogP contribution in [0.1, 0.15) is 19.3 Å². The Kier molecular flexibility index (Phi) is 3.59. The van der Waals surface area contributed by atoms with E-state index in [4.69, 9.17) is 0 Å². The molecule has 2 aliphatic heterocycles. The van der Waals surface area contributed by atoms with Crippen molar-refractivity contribution in [3.05, 3.63) is 0 Å². The number of piperidine rings is 1. The van der Waals surface area contributed by atoms with E-state index in [0.717, 1.165) is 32.1 Å². The fourth-order valence-corrected chi connectivity index (χ4v) is 2.78. The topological polar surface area (TPSA) is 41.6 Å². The van der Waals surface area contributed by atoms with E-state index in [0.29, 0.717) is 12.5 Å². The Balaban J connectivity index is 1.82. The summed E-state index contributed by atoms with van der Waals surface area (Å²) >= 11 is 0. The van der Waals surface area contributed by atoms with Crippen molar-refractivity contribution in [2.75, 3.05) is 33.3 Å². The predicted octanol–water partition coefficient (Wildman–Crippen LogP) is 0.233. The monoisotopic (exact) mass is 212 g/mol. The van der Waals surface area contributed by atoms with E-state index in [1.165, 1.54) is 20.0 Å². The Morgan fingerprint density at radius 1 is 1.53 bits per heavy atom. The van der Waals surface area contributed by atoms with Crippen LogP contribution in [0.5, 0.6) is 0 Å². The Labute approximate surface area is 91.0 Å². The van der Waals surface area contributed by atoms with Gasteiger partial charge < -0.3 is 10.1 Å². The summed E-state index contributed by atoms with van der Waals surface area (Å²) in [5, 5.41) is 3.44. The maximum atomic E-state index is 11.1. The van der Waals surface area contributed by atoms with E-state index in [2.05, 4.69) is 15.0 Å². The van der Waals surface area contributed by atoms with Gasteiger partial charge in [0.05, 0.1) is 13.5 Å². The van der Waals surface area contributed by atoms with Gasteiger partial charge in [0.15, 0.2) is 0 Å². The number of likely N-dealkylation sites (tertiary alicyclic amines) is 1. The molecule has 2 rings (SSSR count). The summed E-state index contributed by atoms with van der Waals surface area (Å²) in [7, 11) is 1.46. The number of methoxy groups -OCH3 is 1. The summed E-state index contributed by atoms with van der Waals surface area (Å²) in [6.45, 7) is 4.24. The third-order valence-corrected chi connectivity index (χ3v) is 3.62. The van der Waals surface area contributed by atoms with E-state index in [9.17, 15) is 4.79 Å². The van der Waals surface area contributed by atoms with Gasteiger partial charge in [0.1, 0.15) is 0 Å². The van der Waals surface area contributed by atoms with Crippen molar-refractivity contribution in [1.29, 1.82) is 0 Å². The maximum Gasteiger partial charge on any atom is 0.306 e. The van der Waals surface area contributed by atoms with Gasteiger partial charge in [-0.3, -0.25) is 9.69 Å². The summed E-state index contributed by atoms with van der Waals surface area (Å²) in [4.78, 5) is 13.5. The zero-order valence-corrected chi connectivity index (χ0v) is 9.37. The van der Waals surface area contributed by atoms with Crippen molar-refractivity contribution >= 4 is 5.97 Å². The number of fused-ring (bicyclic) bond motifs is 1. The molecule has 0 aromatic carbocycles. The zero-order valence-electron chi connectivity index (χ0n) is 9.37. The van der Waals surface area contributed by atoms with Crippen molar-refractivity contribution in [2.45, 2.75) is 25.3 Å². The summed E-state index contributed by atoms with van der Waals surface area (Å²) < 4.78 is 4.67. The van der Waals surface area contributed by atoms with Gasteiger partial charge in [-0.15, -0.1) is 0 Å². The number of esters is 1. The quantitative estimate of drug-likeness (QED) is 0.680. The zero-order chi connectivity index (χ0) is 10.7. The number of carbonyl (C=O) groups excluding carboxylic acids is 1. The first kappa shape index (κ1) is 10.9. The van der Waals surface area contributed by atoms with Gasteiger partial charge in [0.2, 0.25) is 0 Å². The lowest BCUT2D eigenvalue weighted by atomic mass is 9.92. The standard InChI is InChI=1S/C11H20N2O2/c1-15-11(14)4-6-13-5-2-3-9-7-12-8-10(9)13/h9-10,12H,2-8H2,1H3. The van der Waals surface area contributed by atoms with Crippen molar-refractivity contribution in [3.63, 3.8) is 0 Å². The molecule has 2 fully saturated rings. The number of rotatable bonds is 3. The van der Waals surface area contributed by atoms with Crippen LogP contribution in [0.15, 0.2) is 0 Å². The molecule has 0 amide bonds. The third-order valence-electron chi connectivity index (χ3n) is 3.62. The minimum atomic E-state index is -0.0944. The lowest BCUT2D eigenvalue weighted by Gasteiger charge is -2.36. The molecule has 4 nitrogen and oxygen atoms in total. The second-order valence-electron chi connectivity index (χ2n) is 4.49. The number of nitrogens with zero attached hydrogens (tertiary/aromatic N) is 1. The summed E-state index contributed by atoms with van der Waals surface area (Å²) in [5.41, 5.74) is 0. The van der Waals surface area contributed by atoms with Crippen molar-refractivity contribution in [2.24, 2.45) is 5.92 Å². The largest absolute Gasteiger partial charge is 0.469 e. The molecule has 0 aromatic rings. The molecule has 0 aromatic heterocycles. The Morgan fingerprint density at radius 2 is 2.40 bits per heavy atom.